The molecule has 98 valence electrons. The minimum atomic E-state index is -0.542. The Morgan fingerprint density at radius 1 is 1.11 bits per heavy atom. The van der Waals surface area contributed by atoms with Crippen LogP contribution in [0.1, 0.15) is 37.4 Å². The highest BCUT2D eigenvalue weighted by Crippen LogP contribution is 2.39. The van der Waals surface area contributed by atoms with Gasteiger partial charge in [-0.25, -0.2) is 8.78 Å². The Labute approximate surface area is 105 Å². The molecular weight excluding hydrogens is 236 g/mol. The van der Waals surface area contributed by atoms with Crippen LogP contribution in [0.4, 0.5) is 8.78 Å². The van der Waals surface area contributed by atoms with E-state index >= 15 is 0 Å². The van der Waals surface area contributed by atoms with E-state index in [4.69, 9.17) is 4.74 Å². The Hall–Kier alpha value is -1.00. The average molecular weight is 253 g/mol. The van der Waals surface area contributed by atoms with Gasteiger partial charge in [0.2, 0.25) is 0 Å². The Morgan fingerprint density at radius 3 is 2.44 bits per heavy atom. The van der Waals surface area contributed by atoms with Crippen LogP contribution >= 0.6 is 0 Å². The minimum Gasteiger partial charge on any atom is -0.364 e. The normalized spacial score (nSPS) is 26.7. The van der Waals surface area contributed by atoms with Gasteiger partial charge >= 0.3 is 0 Å². The molecule has 2 nitrogen and oxygen atoms in total. The molecule has 0 aromatic heterocycles. The lowest BCUT2D eigenvalue weighted by Crippen LogP contribution is -2.49. The number of nitrogens with one attached hydrogen (secondary N) is 1. The molecule has 1 saturated carbocycles. The summed E-state index contributed by atoms with van der Waals surface area (Å²) in [5, 5.41) is 3.34. The topological polar surface area (TPSA) is 21.3 Å². The van der Waals surface area contributed by atoms with Gasteiger partial charge in [0, 0.05) is 19.2 Å². The van der Waals surface area contributed by atoms with Gasteiger partial charge in [0.15, 0.2) is 0 Å². The van der Waals surface area contributed by atoms with E-state index in [1.807, 2.05) is 0 Å². The lowest BCUT2D eigenvalue weighted by atomic mass is 9.97. The van der Waals surface area contributed by atoms with Gasteiger partial charge in [0.1, 0.15) is 11.6 Å². The quantitative estimate of drug-likeness (QED) is 0.831. The summed E-state index contributed by atoms with van der Waals surface area (Å²) in [5.41, 5.74) is 0.470. The molecule has 0 radical (unpaired) electrons. The second kappa shape index (κ2) is 4.59. The van der Waals surface area contributed by atoms with Gasteiger partial charge in [-0.05, 0) is 30.5 Å². The molecule has 1 aliphatic carbocycles. The largest absolute Gasteiger partial charge is 0.364 e. The van der Waals surface area contributed by atoms with E-state index < -0.39 is 11.6 Å². The van der Waals surface area contributed by atoms with Crippen molar-refractivity contribution in [3.63, 3.8) is 0 Å². The molecule has 1 spiro atoms. The summed E-state index contributed by atoms with van der Waals surface area (Å²) in [4.78, 5) is 0. The fraction of sp³-hybridized carbons (Fsp3) is 0.571. The molecule has 1 atom stereocenters. The number of benzene rings is 1. The summed E-state index contributed by atoms with van der Waals surface area (Å²) in [6.07, 6.45) is 4.17. The van der Waals surface area contributed by atoms with Gasteiger partial charge in [-0.3, -0.25) is 0 Å². The molecule has 0 amide bonds. The van der Waals surface area contributed by atoms with Gasteiger partial charge in [0.25, 0.3) is 0 Å². The number of morpholine rings is 1. The minimum absolute atomic E-state index is 0.119. The van der Waals surface area contributed by atoms with Gasteiger partial charge in [0.05, 0.1) is 11.7 Å². The molecular formula is C14H17F2NO. The van der Waals surface area contributed by atoms with E-state index in [9.17, 15) is 8.78 Å². The van der Waals surface area contributed by atoms with E-state index in [0.29, 0.717) is 12.1 Å². The maximum atomic E-state index is 13.2. The van der Waals surface area contributed by atoms with Gasteiger partial charge in [-0.15, -0.1) is 0 Å². The first-order valence-electron chi connectivity index (χ1n) is 6.51. The van der Waals surface area contributed by atoms with Crippen molar-refractivity contribution >= 4 is 0 Å². The molecule has 1 heterocycles. The SMILES string of the molecule is Fc1cc(F)cc(C2CNCC3(CCCC3)O2)c1. The summed E-state index contributed by atoms with van der Waals surface area (Å²) in [6.45, 7) is 1.46. The van der Waals surface area contributed by atoms with Crippen molar-refractivity contribution in [1.29, 1.82) is 0 Å². The monoisotopic (exact) mass is 253 g/mol. The Balaban J connectivity index is 1.83. The average Bonchev–Trinajstić information content (AvgIpc) is 2.76. The van der Waals surface area contributed by atoms with E-state index in [-0.39, 0.29) is 11.7 Å². The molecule has 1 unspecified atom stereocenters. The molecule has 2 fully saturated rings. The molecule has 4 heteroatoms. The summed E-state index contributed by atoms with van der Waals surface area (Å²) in [6, 6.07) is 3.62. The van der Waals surface area contributed by atoms with E-state index in [1.165, 1.54) is 25.0 Å². The standard InChI is InChI=1S/C14H17F2NO/c15-11-5-10(6-12(16)7-11)13-8-17-9-14(18-13)3-1-2-4-14/h5-7,13,17H,1-4,8-9H2. The van der Waals surface area contributed by atoms with Crippen LogP contribution in [0.3, 0.4) is 0 Å². The van der Waals surface area contributed by atoms with Crippen molar-refractivity contribution < 1.29 is 13.5 Å². The van der Waals surface area contributed by atoms with Crippen LogP contribution in [0.2, 0.25) is 0 Å². The molecule has 1 aromatic rings. The molecule has 3 rings (SSSR count). The number of hydrogen-bond donors (Lipinski definition) is 1. The predicted octanol–water partition coefficient (Wildman–Crippen LogP) is 2.94. The highest BCUT2D eigenvalue weighted by molar-refractivity contribution is 5.21. The highest BCUT2D eigenvalue weighted by Gasteiger charge is 2.40. The van der Waals surface area contributed by atoms with Crippen LogP contribution < -0.4 is 5.32 Å². The maximum Gasteiger partial charge on any atom is 0.126 e. The van der Waals surface area contributed by atoms with Crippen LogP contribution in [-0.2, 0) is 4.74 Å². The van der Waals surface area contributed by atoms with Crippen molar-refractivity contribution in [2.75, 3.05) is 13.1 Å². The van der Waals surface area contributed by atoms with Crippen molar-refractivity contribution in [2.45, 2.75) is 37.4 Å². The van der Waals surface area contributed by atoms with Gasteiger partial charge < -0.3 is 10.1 Å². The third kappa shape index (κ3) is 2.27. The number of ether oxygens (including phenoxy) is 1. The zero-order valence-electron chi connectivity index (χ0n) is 10.2. The smallest absolute Gasteiger partial charge is 0.126 e. The molecule has 1 saturated heterocycles. The first-order chi connectivity index (χ1) is 8.67. The molecule has 1 aromatic carbocycles. The number of halogens is 2. The molecule has 1 N–H and O–H groups in total. The maximum absolute atomic E-state index is 13.2. The second-order valence-corrected chi connectivity index (χ2v) is 5.33. The zero-order valence-corrected chi connectivity index (χ0v) is 10.2. The number of hydrogen-bond acceptors (Lipinski definition) is 2. The Bertz CT molecular complexity index is 423. The van der Waals surface area contributed by atoms with Gasteiger partial charge in [-0.1, -0.05) is 12.8 Å². The summed E-state index contributed by atoms with van der Waals surface area (Å²) in [5.74, 6) is -1.08. The summed E-state index contributed by atoms with van der Waals surface area (Å²) >= 11 is 0. The summed E-state index contributed by atoms with van der Waals surface area (Å²) in [7, 11) is 0. The molecule has 18 heavy (non-hydrogen) atoms. The van der Waals surface area contributed by atoms with E-state index in [2.05, 4.69) is 5.32 Å². The van der Waals surface area contributed by atoms with Crippen molar-refractivity contribution in [3.8, 4) is 0 Å². The predicted molar refractivity (Wildman–Crippen MR) is 64.3 cm³/mol. The fourth-order valence-electron chi connectivity index (χ4n) is 3.08. The molecule has 2 aliphatic rings. The van der Waals surface area contributed by atoms with E-state index in [0.717, 1.165) is 25.5 Å². The third-order valence-corrected chi connectivity index (χ3v) is 3.94. The van der Waals surface area contributed by atoms with Crippen molar-refractivity contribution in [3.05, 3.63) is 35.4 Å². The van der Waals surface area contributed by atoms with Crippen LogP contribution in [0.25, 0.3) is 0 Å². The van der Waals surface area contributed by atoms with Crippen LogP contribution in [-0.4, -0.2) is 18.7 Å². The lowest BCUT2D eigenvalue weighted by molar-refractivity contribution is -0.114. The molecule has 1 aliphatic heterocycles. The van der Waals surface area contributed by atoms with Crippen LogP contribution in [0, 0.1) is 11.6 Å². The van der Waals surface area contributed by atoms with Crippen molar-refractivity contribution in [1.82, 2.24) is 5.32 Å². The van der Waals surface area contributed by atoms with Crippen molar-refractivity contribution in [2.24, 2.45) is 0 Å². The third-order valence-electron chi connectivity index (χ3n) is 3.94. The van der Waals surface area contributed by atoms with Crippen LogP contribution in [0.5, 0.6) is 0 Å². The Kier molecular flexibility index (Phi) is 3.08. The fourth-order valence-corrected chi connectivity index (χ4v) is 3.08. The summed E-state index contributed by atoms with van der Waals surface area (Å²) < 4.78 is 32.6. The highest BCUT2D eigenvalue weighted by atomic mass is 19.1. The number of rotatable bonds is 1. The molecule has 0 bridgehead atoms. The first-order valence-corrected chi connectivity index (χ1v) is 6.51. The van der Waals surface area contributed by atoms with Crippen LogP contribution in [0.15, 0.2) is 18.2 Å². The Morgan fingerprint density at radius 2 is 1.78 bits per heavy atom. The first kappa shape index (κ1) is 12.1. The zero-order chi connectivity index (χ0) is 12.6. The lowest BCUT2D eigenvalue weighted by Gasteiger charge is -2.39. The second-order valence-electron chi connectivity index (χ2n) is 5.33. The van der Waals surface area contributed by atoms with E-state index in [1.54, 1.807) is 0 Å². The van der Waals surface area contributed by atoms with Gasteiger partial charge in [-0.2, -0.15) is 0 Å².